The molecular formula is C18H14ClF4N3O3. The number of rotatable bonds is 7. The number of anilines is 1. The molecule has 2 heterocycles. The van der Waals surface area contributed by atoms with Crippen LogP contribution in [0.25, 0.3) is 0 Å². The van der Waals surface area contributed by atoms with Crippen LogP contribution in [0.4, 0.5) is 23.2 Å². The Balaban J connectivity index is 1.78. The minimum atomic E-state index is -3.12. The summed E-state index contributed by atoms with van der Waals surface area (Å²) in [5.74, 6) is -0.102. The number of carbonyl (C=O) groups excluding carboxylic acids is 1. The maximum Gasteiger partial charge on any atom is 0.291 e. The van der Waals surface area contributed by atoms with E-state index in [9.17, 15) is 22.4 Å². The summed E-state index contributed by atoms with van der Waals surface area (Å²) in [5, 5.41) is 5.25. The molecule has 0 atom stereocenters. The van der Waals surface area contributed by atoms with E-state index in [4.69, 9.17) is 20.8 Å². The average Bonchev–Trinajstić information content (AvgIpc) is 3.26. The van der Waals surface area contributed by atoms with Gasteiger partial charge in [-0.25, -0.2) is 17.6 Å². The first-order valence-electron chi connectivity index (χ1n) is 8.16. The third-order valence-corrected chi connectivity index (χ3v) is 4.28. The van der Waals surface area contributed by atoms with Gasteiger partial charge in [-0.3, -0.25) is 9.48 Å². The Labute approximate surface area is 167 Å². The zero-order valence-corrected chi connectivity index (χ0v) is 15.6. The van der Waals surface area contributed by atoms with Crippen LogP contribution in [-0.4, -0.2) is 22.8 Å². The molecule has 3 rings (SSSR count). The van der Waals surface area contributed by atoms with Crippen molar-refractivity contribution in [3.8, 4) is 5.75 Å². The number of methoxy groups -OCH3 is 1. The van der Waals surface area contributed by atoms with Gasteiger partial charge < -0.3 is 14.5 Å². The van der Waals surface area contributed by atoms with Crippen molar-refractivity contribution in [3.05, 3.63) is 64.3 Å². The quantitative estimate of drug-likeness (QED) is 0.514. The zero-order chi connectivity index (χ0) is 21.1. The molecule has 154 valence electrons. The molecule has 0 saturated carbocycles. The van der Waals surface area contributed by atoms with Crippen LogP contribution in [0.2, 0.25) is 5.02 Å². The fourth-order valence-electron chi connectivity index (χ4n) is 2.57. The predicted octanol–water partition coefficient (Wildman–Crippen LogP) is 5.31. The van der Waals surface area contributed by atoms with Crippen LogP contribution in [0.5, 0.6) is 5.75 Å². The van der Waals surface area contributed by atoms with Crippen molar-refractivity contribution in [1.82, 2.24) is 9.78 Å². The van der Waals surface area contributed by atoms with Gasteiger partial charge in [0.1, 0.15) is 22.9 Å². The van der Waals surface area contributed by atoms with Crippen molar-refractivity contribution in [3.63, 3.8) is 0 Å². The van der Waals surface area contributed by atoms with E-state index in [0.29, 0.717) is 16.1 Å². The Bertz CT molecular complexity index is 1020. The Morgan fingerprint density at radius 2 is 2.00 bits per heavy atom. The van der Waals surface area contributed by atoms with E-state index in [1.165, 1.54) is 19.2 Å². The first-order valence-corrected chi connectivity index (χ1v) is 8.54. The number of hydrogen-bond donors (Lipinski definition) is 1. The number of hydrogen-bond acceptors (Lipinski definition) is 4. The summed E-state index contributed by atoms with van der Waals surface area (Å²) in [6.07, 6.45) is -6.23. The van der Waals surface area contributed by atoms with Crippen LogP contribution in [0.15, 0.2) is 40.8 Å². The highest BCUT2D eigenvalue weighted by atomic mass is 35.5. The van der Waals surface area contributed by atoms with Crippen LogP contribution in [0, 0.1) is 0 Å². The maximum absolute atomic E-state index is 13.2. The summed E-state index contributed by atoms with van der Waals surface area (Å²) in [4.78, 5) is 12.3. The summed E-state index contributed by atoms with van der Waals surface area (Å²) in [5.41, 5.74) is -1.34. The van der Waals surface area contributed by atoms with Crippen molar-refractivity contribution >= 4 is 23.2 Å². The van der Waals surface area contributed by atoms with E-state index in [2.05, 4.69) is 10.4 Å². The third kappa shape index (κ3) is 4.53. The normalized spacial score (nSPS) is 11.3. The third-order valence-electron chi connectivity index (χ3n) is 3.89. The first-order chi connectivity index (χ1) is 13.8. The molecule has 0 aliphatic rings. The zero-order valence-electron chi connectivity index (χ0n) is 14.8. The second-order valence-electron chi connectivity index (χ2n) is 5.80. The molecule has 29 heavy (non-hydrogen) atoms. The Hall–Kier alpha value is -3.01. The largest absolute Gasteiger partial charge is 0.497 e. The van der Waals surface area contributed by atoms with E-state index in [-0.39, 0.29) is 11.5 Å². The molecule has 11 heteroatoms. The lowest BCUT2D eigenvalue weighted by Gasteiger charge is -2.06. The van der Waals surface area contributed by atoms with Crippen LogP contribution in [0.3, 0.4) is 0 Å². The summed E-state index contributed by atoms with van der Waals surface area (Å²) in [6.45, 7) is -0.404. The number of halogens is 5. The number of alkyl halides is 4. The van der Waals surface area contributed by atoms with Gasteiger partial charge >= 0.3 is 0 Å². The second-order valence-corrected chi connectivity index (χ2v) is 6.17. The number of ether oxygens (including phenoxy) is 1. The standard InChI is InChI=1S/C18H14ClF4N3O3/c1-28-10-4-2-3-9(7-10)24-18(27)12-6-5-11(29-12)8-26-15(17(22)23)13(19)14(25-26)16(20)21/h2-7,16-17H,8H2,1H3,(H,24,27). The van der Waals surface area contributed by atoms with E-state index >= 15 is 0 Å². The highest BCUT2D eigenvalue weighted by molar-refractivity contribution is 6.32. The molecule has 0 spiro atoms. The fraction of sp³-hybridized carbons (Fsp3) is 0.222. The number of furan rings is 1. The molecule has 0 unspecified atom stereocenters. The Kier molecular flexibility index (Phi) is 6.12. The number of aromatic nitrogens is 2. The van der Waals surface area contributed by atoms with Gasteiger partial charge in [-0.15, -0.1) is 0 Å². The molecular weight excluding hydrogens is 418 g/mol. The fourth-order valence-corrected chi connectivity index (χ4v) is 2.87. The number of nitrogens with zero attached hydrogens (tertiary/aromatic N) is 2. The molecule has 0 radical (unpaired) electrons. The summed E-state index contributed by atoms with van der Waals surface area (Å²) >= 11 is 5.61. The monoisotopic (exact) mass is 431 g/mol. The van der Waals surface area contributed by atoms with Crippen LogP contribution in [-0.2, 0) is 6.54 Å². The topological polar surface area (TPSA) is 69.3 Å². The number of nitrogens with one attached hydrogen (secondary N) is 1. The SMILES string of the molecule is COc1cccc(NC(=O)c2ccc(Cn3nc(C(F)F)c(Cl)c3C(F)F)o2)c1. The van der Waals surface area contributed by atoms with Crippen molar-refractivity contribution in [1.29, 1.82) is 0 Å². The summed E-state index contributed by atoms with van der Waals surface area (Å²) < 4.78 is 63.3. The molecule has 3 aromatic rings. The lowest BCUT2D eigenvalue weighted by atomic mass is 10.3. The van der Waals surface area contributed by atoms with Crippen molar-refractivity contribution in [2.45, 2.75) is 19.4 Å². The minimum Gasteiger partial charge on any atom is -0.497 e. The lowest BCUT2D eigenvalue weighted by molar-refractivity contribution is 0.0994. The number of benzene rings is 1. The number of amides is 1. The Morgan fingerprint density at radius 3 is 2.66 bits per heavy atom. The molecule has 2 aromatic heterocycles. The van der Waals surface area contributed by atoms with E-state index in [1.54, 1.807) is 24.3 Å². The van der Waals surface area contributed by atoms with E-state index in [1.807, 2.05) is 0 Å². The van der Waals surface area contributed by atoms with Gasteiger partial charge in [0.25, 0.3) is 18.8 Å². The lowest BCUT2D eigenvalue weighted by Crippen LogP contribution is -2.11. The molecule has 0 fully saturated rings. The van der Waals surface area contributed by atoms with Gasteiger partial charge in [0, 0.05) is 11.8 Å². The van der Waals surface area contributed by atoms with Crippen molar-refractivity contribution < 1.29 is 31.5 Å². The highest BCUT2D eigenvalue weighted by Crippen LogP contribution is 2.35. The van der Waals surface area contributed by atoms with Gasteiger partial charge in [0.15, 0.2) is 5.76 Å². The van der Waals surface area contributed by atoms with Crippen molar-refractivity contribution in [2.24, 2.45) is 0 Å². The van der Waals surface area contributed by atoms with Gasteiger partial charge in [0.05, 0.1) is 18.7 Å². The van der Waals surface area contributed by atoms with E-state index in [0.717, 1.165) is 0 Å². The molecule has 1 N–H and O–H groups in total. The average molecular weight is 432 g/mol. The predicted molar refractivity (Wildman–Crippen MR) is 95.9 cm³/mol. The first kappa shape index (κ1) is 20.7. The van der Waals surface area contributed by atoms with Crippen LogP contribution >= 0.6 is 11.6 Å². The van der Waals surface area contributed by atoms with Gasteiger partial charge in [-0.2, -0.15) is 5.10 Å². The number of carbonyl (C=O) groups is 1. The molecule has 0 aliphatic heterocycles. The molecule has 0 bridgehead atoms. The molecule has 1 amide bonds. The minimum absolute atomic E-state index is 0.0580. The van der Waals surface area contributed by atoms with Gasteiger partial charge in [-0.1, -0.05) is 17.7 Å². The van der Waals surface area contributed by atoms with Crippen LogP contribution in [0.1, 0.15) is 40.6 Å². The maximum atomic E-state index is 13.2. The smallest absolute Gasteiger partial charge is 0.291 e. The van der Waals surface area contributed by atoms with Crippen LogP contribution < -0.4 is 10.1 Å². The van der Waals surface area contributed by atoms with Gasteiger partial charge in [0.2, 0.25) is 0 Å². The molecule has 1 aromatic carbocycles. The van der Waals surface area contributed by atoms with Crippen molar-refractivity contribution in [2.75, 3.05) is 12.4 Å². The second kappa shape index (κ2) is 8.56. The molecule has 0 aliphatic carbocycles. The van der Waals surface area contributed by atoms with E-state index < -0.39 is 41.7 Å². The summed E-state index contributed by atoms with van der Waals surface area (Å²) in [6, 6.07) is 9.28. The summed E-state index contributed by atoms with van der Waals surface area (Å²) in [7, 11) is 1.48. The molecule has 6 nitrogen and oxygen atoms in total. The molecule has 0 saturated heterocycles. The Morgan fingerprint density at radius 1 is 1.24 bits per heavy atom. The van der Waals surface area contributed by atoms with Gasteiger partial charge in [-0.05, 0) is 24.3 Å². The highest BCUT2D eigenvalue weighted by Gasteiger charge is 2.28.